The second kappa shape index (κ2) is 4.67. The summed E-state index contributed by atoms with van der Waals surface area (Å²) in [6.45, 7) is 2.02. The van der Waals surface area contributed by atoms with Crippen molar-refractivity contribution in [2.24, 2.45) is 0 Å². The van der Waals surface area contributed by atoms with E-state index in [1.165, 1.54) is 0 Å². The van der Waals surface area contributed by atoms with Crippen molar-refractivity contribution < 1.29 is 4.79 Å². The lowest BCUT2D eigenvalue weighted by Crippen LogP contribution is -2.00. The molecular weight excluding hydrogens is 302 g/mol. The molecule has 0 saturated carbocycles. The zero-order valence-corrected chi connectivity index (χ0v) is 12.0. The van der Waals surface area contributed by atoms with E-state index in [1.807, 2.05) is 49.4 Å². The van der Waals surface area contributed by atoms with Gasteiger partial charge in [-0.3, -0.25) is 4.79 Å². The smallest absolute Gasteiger partial charge is 0.195 e. The van der Waals surface area contributed by atoms with Gasteiger partial charge in [-0.1, -0.05) is 40.2 Å². The van der Waals surface area contributed by atoms with Gasteiger partial charge in [0, 0.05) is 32.7 Å². The third-order valence-electron chi connectivity index (χ3n) is 3.25. The first-order valence-electron chi connectivity index (χ1n) is 6.04. The van der Waals surface area contributed by atoms with E-state index >= 15 is 0 Å². The number of carbonyl (C=O) groups is 1. The van der Waals surface area contributed by atoms with Crippen molar-refractivity contribution in [2.75, 3.05) is 0 Å². The highest BCUT2D eigenvalue weighted by atomic mass is 79.9. The zero-order chi connectivity index (χ0) is 13.4. The number of aromatic nitrogens is 1. The maximum atomic E-state index is 12.6. The van der Waals surface area contributed by atoms with Crippen molar-refractivity contribution in [3.05, 3.63) is 69.8 Å². The van der Waals surface area contributed by atoms with E-state index < -0.39 is 0 Å². The highest BCUT2D eigenvalue weighted by molar-refractivity contribution is 9.10. The van der Waals surface area contributed by atoms with Crippen LogP contribution in [0.15, 0.2) is 53.1 Å². The molecule has 19 heavy (non-hydrogen) atoms. The molecule has 0 aliphatic heterocycles. The fraction of sp³-hybridized carbons (Fsp3) is 0.0625. The minimum Gasteiger partial charge on any atom is -0.360 e. The van der Waals surface area contributed by atoms with Crippen LogP contribution >= 0.6 is 15.9 Å². The molecule has 0 atom stereocenters. The first-order chi connectivity index (χ1) is 9.16. The quantitative estimate of drug-likeness (QED) is 0.696. The summed E-state index contributed by atoms with van der Waals surface area (Å²) in [5, 5.41) is 1.01. The van der Waals surface area contributed by atoms with E-state index in [4.69, 9.17) is 0 Å². The molecule has 2 aromatic carbocycles. The SMILES string of the molecule is Cc1cccc2[nH]cc(C(=O)c3cccc(Br)c3)c12. The van der Waals surface area contributed by atoms with Crippen LogP contribution in [0.3, 0.4) is 0 Å². The molecular formula is C16H12BrNO. The zero-order valence-electron chi connectivity index (χ0n) is 10.4. The molecule has 1 N–H and O–H groups in total. The normalized spacial score (nSPS) is 10.8. The number of rotatable bonds is 2. The van der Waals surface area contributed by atoms with Crippen molar-refractivity contribution in [3.8, 4) is 0 Å². The molecule has 1 aromatic heterocycles. The highest BCUT2D eigenvalue weighted by Gasteiger charge is 2.15. The lowest BCUT2D eigenvalue weighted by molar-refractivity contribution is 0.104. The van der Waals surface area contributed by atoms with Crippen LogP contribution in [0, 0.1) is 6.92 Å². The van der Waals surface area contributed by atoms with Gasteiger partial charge in [0.25, 0.3) is 0 Å². The number of nitrogens with one attached hydrogen (secondary N) is 1. The summed E-state index contributed by atoms with van der Waals surface area (Å²) in [7, 11) is 0. The molecule has 3 rings (SSSR count). The molecule has 0 radical (unpaired) electrons. The van der Waals surface area contributed by atoms with Crippen molar-refractivity contribution in [2.45, 2.75) is 6.92 Å². The minimum atomic E-state index is 0.0434. The van der Waals surface area contributed by atoms with Gasteiger partial charge in [0.15, 0.2) is 5.78 Å². The van der Waals surface area contributed by atoms with Crippen LogP contribution in [0.2, 0.25) is 0 Å². The molecule has 0 unspecified atom stereocenters. The number of ketones is 1. The number of fused-ring (bicyclic) bond motifs is 1. The number of carbonyl (C=O) groups excluding carboxylic acids is 1. The molecule has 2 nitrogen and oxygen atoms in total. The van der Waals surface area contributed by atoms with E-state index in [1.54, 1.807) is 6.20 Å². The Morgan fingerprint density at radius 3 is 2.74 bits per heavy atom. The molecule has 1 heterocycles. The van der Waals surface area contributed by atoms with Crippen molar-refractivity contribution in [3.63, 3.8) is 0 Å². The molecule has 94 valence electrons. The molecule has 0 aliphatic rings. The number of aryl methyl sites for hydroxylation is 1. The Kier molecular flexibility index (Phi) is 2.99. The first kappa shape index (κ1) is 12.2. The van der Waals surface area contributed by atoms with Gasteiger partial charge < -0.3 is 4.98 Å². The largest absolute Gasteiger partial charge is 0.360 e. The van der Waals surface area contributed by atoms with E-state index in [9.17, 15) is 4.79 Å². The van der Waals surface area contributed by atoms with E-state index in [0.29, 0.717) is 5.56 Å². The average molecular weight is 314 g/mol. The van der Waals surface area contributed by atoms with E-state index in [0.717, 1.165) is 26.5 Å². The van der Waals surface area contributed by atoms with Gasteiger partial charge >= 0.3 is 0 Å². The maximum absolute atomic E-state index is 12.6. The van der Waals surface area contributed by atoms with Crippen LogP contribution in [0.4, 0.5) is 0 Å². The van der Waals surface area contributed by atoms with Crippen LogP contribution < -0.4 is 0 Å². The molecule has 0 spiro atoms. The fourth-order valence-electron chi connectivity index (χ4n) is 2.33. The number of hydrogen-bond acceptors (Lipinski definition) is 1. The second-order valence-electron chi connectivity index (χ2n) is 4.54. The van der Waals surface area contributed by atoms with Gasteiger partial charge in [-0.05, 0) is 30.7 Å². The van der Waals surface area contributed by atoms with Crippen LogP contribution in [0.5, 0.6) is 0 Å². The average Bonchev–Trinajstić information content (AvgIpc) is 2.83. The van der Waals surface area contributed by atoms with Gasteiger partial charge in [-0.15, -0.1) is 0 Å². The summed E-state index contributed by atoms with van der Waals surface area (Å²) in [5.74, 6) is 0.0434. The summed E-state index contributed by atoms with van der Waals surface area (Å²) in [6.07, 6.45) is 1.79. The summed E-state index contributed by atoms with van der Waals surface area (Å²) in [4.78, 5) is 15.7. The van der Waals surface area contributed by atoms with Crippen LogP contribution in [0.1, 0.15) is 21.5 Å². The molecule has 0 bridgehead atoms. The highest BCUT2D eigenvalue weighted by Crippen LogP contribution is 2.25. The third kappa shape index (κ3) is 2.10. The van der Waals surface area contributed by atoms with Gasteiger partial charge in [-0.2, -0.15) is 0 Å². The predicted octanol–water partition coefficient (Wildman–Crippen LogP) is 4.47. The van der Waals surface area contributed by atoms with Crippen molar-refractivity contribution in [1.29, 1.82) is 0 Å². The second-order valence-corrected chi connectivity index (χ2v) is 5.45. The number of hydrogen-bond donors (Lipinski definition) is 1. The Labute approximate surface area is 119 Å². The van der Waals surface area contributed by atoms with Gasteiger partial charge in [0.1, 0.15) is 0 Å². The summed E-state index contributed by atoms with van der Waals surface area (Å²) in [5.41, 5.74) is 3.53. The summed E-state index contributed by atoms with van der Waals surface area (Å²) in [6, 6.07) is 13.5. The van der Waals surface area contributed by atoms with Crippen molar-refractivity contribution in [1.82, 2.24) is 4.98 Å². The Morgan fingerprint density at radius 2 is 1.95 bits per heavy atom. The lowest BCUT2D eigenvalue weighted by atomic mass is 10.0. The van der Waals surface area contributed by atoms with Gasteiger partial charge in [0.2, 0.25) is 0 Å². The van der Waals surface area contributed by atoms with Gasteiger partial charge in [-0.25, -0.2) is 0 Å². The number of benzene rings is 2. The maximum Gasteiger partial charge on any atom is 0.195 e. The first-order valence-corrected chi connectivity index (χ1v) is 6.83. The Bertz CT molecular complexity index is 773. The van der Waals surface area contributed by atoms with Crippen LogP contribution in [-0.4, -0.2) is 10.8 Å². The van der Waals surface area contributed by atoms with Crippen molar-refractivity contribution >= 4 is 32.6 Å². The Hall–Kier alpha value is -1.87. The molecule has 3 heteroatoms. The third-order valence-corrected chi connectivity index (χ3v) is 3.74. The molecule has 0 amide bonds. The van der Waals surface area contributed by atoms with E-state index in [-0.39, 0.29) is 5.78 Å². The van der Waals surface area contributed by atoms with E-state index in [2.05, 4.69) is 20.9 Å². The number of H-pyrrole nitrogens is 1. The monoisotopic (exact) mass is 313 g/mol. The minimum absolute atomic E-state index is 0.0434. The number of aromatic amines is 1. The molecule has 3 aromatic rings. The molecule has 0 aliphatic carbocycles. The predicted molar refractivity (Wildman–Crippen MR) is 80.6 cm³/mol. The van der Waals surface area contributed by atoms with Gasteiger partial charge in [0.05, 0.1) is 0 Å². The topological polar surface area (TPSA) is 32.9 Å². The summed E-state index contributed by atoms with van der Waals surface area (Å²) < 4.78 is 0.912. The Morgan fingerprint density at radius 1 is 1.16 bits per heavy atom. The lowest BCUT2D eigenvalue weighted by Gasteiger charge is -2.02. The van der Waals surface area contributed by atoms with Crippen LogP contribution in [-0.2, 0) is 0 Å². The molecule has 0 fully saturated rings. The standard InChI is InChI=1S/C16H12BrNO/c1-10-4-2-7-14-15(10)13(9-18-14)16(19)11-5-3-6-12(17)8-11/h2-9,18H,1H3. The Balaban J connectivity index is 2.17. The number of halogens is 1. The fourth-order valence-corrected chi connectivity index (χ4v) is 2.73. The molecule has 0 saturated heterocycles. The van der Waals surface area contributed by atoms with Crippen LogP contribution in [0.25, 0.3) is 10.9 Å². The summed E-state index contributed by atoms with van der Waals surface area (Å²) >= 11 is 3.40.